The molecule has 0 spiro atoms. The number of nitro groups is 1. The third-order valence-electron chi connectivity index (χ3n) is 4.71. The number of nitrogens with one attached hydrogen (secondary N) is 2. The van der Waals surface area contributed by atoms with Crippen molar-refractivity contribution in [2.75, 3.05) is 13.1 Å². The Labute approximate surface area is 149 Å². The van der Waals surface area contributed by atoms with Crippen molar-refractivity contribution >= 4 is 17.7 Å². The second-order valence-electron chi connectivity index (χ2n) is 6.50. The van der Waals surface area contributed by atoms with Crippen LogP contribution in [0.25, 0.3) is 0 Å². The van der Waals surface area contributed by atoms with Gasteiger partial charge in [-0.15, -0.1) is 0 Å². The first kappa shape index (κ1) is 17.8. The highest BCUT2D eigenvalue weighted by Gasteiger charge is 2.48. The second kappa shape index (κ2) is 7.51. The molecule has 2 N–H and O–H groups in total. The van der Waals surface area contributed by atoms with Crippen LogP contribution in [0, 0.1) is 10.1 Å². The molecule has 138 valence electrons. The highest BCUT2D eigenvalue weighted by atomic mass is 16.6. The quantitative estimate of drug-likeness (QED) is 0.522. The van der Waals surface area contributed by atoms with Gasteiger partial charge >= 0.3 is 0 Å². The highest BCUT2D eigenvalue weighted by molar-refractivity contribution is 5.98. The number of hydrogen-bond acceptors (Lipinski definition) is 5. The first-order valence-corrected chi connectivity index (χ1v) is 8.51. The number of piperazine rings is 1. The molecule has 2 heterocycles. The molecule has 0 saturated carbocycles. The maximum absolute atomic E-state index is 12.7. The number of rotatable bonds is 6. The summed E-state index contributed by atoms with van der Waals surface area (Å²) in [6, 6.07) is 7.53. The van der Waals surface area contributed by atoms with E-state index in [1.54, 1.807) is 0 Å². The maximum atomic E-state index is 12.7. The number of carbonyl (C=O) groups is 3. The number of nitrogens with zero attached hydrogens (tertiary/aromatic N) is 2. The van der Waals surface area contributed by atoms with E-state index in [0.29, 0.717) is 19.4 Å². The number of carbonyl (C=O) groups excluding carboxylic acids is 3. The highest BCUT2D eigenvalue weighted by Crippen LogP contribution is 2.24. The van der Waals surface area contributed by atoms with Crippen LogP contribution in [0.15, 0.2) is 30.3 Å². The summed E-state index contributed by atoms with van der Waals surface area (Å²) in [7, 11) is 0. The van der Waals surface area contributed by atoms with Gasteiger partial charge in [-0.05, 0) is 12.0 Å². The van der Waals surface area contributed by atoms with E-state index in [-0.39, 0.29) is 18.2 Å². The van der Waals surface area contributed by atoms with E-state index in [9.17, 15) is 24.5 Å². The van der Waals surface area contributed by atoms with Crippen LogP contribution >= 0.6 is 0 Å². The van der Waals surface area contributed by atoms with Gasteiger partial charge in [0.2, 0.25) is 24.3 Å². The van der Waals surface area contributed by atoms with E-state index in [0.717, 1.165) is 5.56 Å². The van der Waals surface area contributed by atoms with Crippen molar-refractivity contribution in [2.24, 2.45) is 0 Å². The van der Waals surface area contributed by atoms with Gasteiger partial charge in [0.1, 0.15) is 12.1 Å². The third-order valence-corrected chi connectivity index (χ3v) is 4.71. The van der Waals surface area contributed by atoms with Gasteiger partial charge in [0.15, 0.2) is 0 Å². The summed E-state index contributed by atoms with van der Waals surface area (Å²) >= 11 is 0. The minimum absolute atomic E-state index is 0.166. The van der Waals surface area contributed by atoms with Crippen LogP contribution in [0.4, 0.5) is 0 Å². The summed E-state index contributed by atoms with van der Waals surface area (Å²) in [6.45, 7) is -0.0837. The van der Waals surface area contributed by atoms with Gasteiger partial charge in [-0.2, -0.15) is 0 Å². The lowest BCUT2D eigenvalue weighted by atomic mass is 9.99. The molecule has 1 aromatic carbocycles. The summed E-state index contributed by atoms with van der Waals surface area (Å²) in [5.74, 6) is -0.955. The van der Waals surface area contributed by atoms with E-state index in [4.69, 9.17) is 0 Å². The minimum Gasteiger partial charge on any atom is -0.350 e. The molecule has 2 saturated heterocycles. The Balaban J connectivity index is 1.63. The number of benzene rings is 1. The molecule has 2 fully saturated rings. The lowest BCUT2D eigenvalue weighted by molar-refractivity contribution is -0.478. The monoisotopic (exact) mass is 360 g/mol. The van der Waals surface area contributed by atoms with Gasteiger partial charge in [-0.25, -0.2) is 0 Å². The molecule has 0 aromatic heterocycles. The molecule has 2 aliphatic heterocycles. The van der Waals surface area contributed by atoms with Crippen LogP contribution in [0.2, 0.25) is 0 Å². The van der Waals surface area contributed by atoms with Crippen molar-refractivity contribution < 1.29 is 19.3 Å². The average molecular weight is 360 g/mol. The fraction of sp³-hybridized carbons (Fsp3) is 0.471. The molecule has 1 aromatic rings. The average Bonchev–Trinajstić information content (AvgIpc) is 3.03. The van der Waals surface area contributed by atoms with E-state index >= 15 is 0 Å². The number of fused-ring (bicyclic) bond motifs is 1. The predicted molar refractivity (Wildman–Crippen MR) is 90.6 cm³/mol. The smallest absolute Gasteiger partial charge is 0.246 e. The molecule has 2 aliphatic rings. The van der Waals surface area contributed by atoms with Crippen LogP contribution < -0.4 is 10.6 Å². The van der Waals surface area contributed by atoms with E-state index in [2.05, 4.69) is 10.6 Å². The molecule has 0 aliphatic carbocycles. The zero-order chi connectivity index (χ0) is 18.7. The second-order valence-corrected chi connectivity index (χ2v) is 6.50. The summed E-state index contributed by atoms with van der Waals surface area (Å²) in [6.07, 6.45) is 0.614. The fourth-order valence-corrected chi connectivity index (χ4v) is 3.49. The number of hydrogen-bond donors (Lipinski definition) is 2. The van der Waals surface area contributed by atoms with Crippen molar-refractivity contribution in [2.45, 2.75) is 37.4 Å². The standard InChI is InChI=1S/C17H20N4O5/c22-14(7-9-21(25)26)18-12-6-8-20-15(12)16(23)19-13(17(20)24)10-11-4-2-1-3-5-11/h1-5,12-13,15H,6-10H2,(H,18,22)(H,19,23)/t12-,13+,15-/m0/s1. The van der Waals surface area contributed by atoms with Gasteiger partial charge in [0, 0.05) is 17.9 Å². The maximum Gasteiger partial charge on any atom is 0.246 e. The molecule has 0 radical (unpaired) electrons. The Hall–Kier alpha value is -2.97. The van der Waals surface area contributed by atoms with E-state index in [1.807, 2.05) is 30.3 Å². The molecule has 26 heavy (non-hydrogen) atoms. The van der Waals surface area contributed by atoms with Gasteiger partial charge < -0.3 is 15.5 Å². The minimum atomic E-state index is -0.755. The SMILES string of the molecule is O=C(CC[N+](=O)[O-])N[C@H]1CCN2C(=O)[C@@H](Cc3ccccc3)NC(=O)[C@H]12. The number of amides is 3. The van der Waals surface area contributed by atoms with E-state index in [1.165, 1.54) is 4.90 Å². The Bertz CT molecular complexity index is 723. The van der Waals surface area contributed by atoms with Crippen LogP contribution in [-0.4, -0.2) is 58.8 Å². The van der Waals surface area contributed by atoms with Crippen molar-refractivity contribution in [3.63, 3.8) is 0 Å². The molecule has 9 heteroatoms. The summed E-state index contributed by atoms with van der Waals surface area (Å²) in [4.78, 5) is 48.3. The summed E-state index contributed by atoms with van der Waals surface area (Å²) < 4.78 is 0. The Morgan fingerprint density at radius 1 is 1.31 bits per heavy atom. The molecular formula is C17H20N4O5. The largest absolute Gasteiger partial charge is 0.350 e. The molecule has 3 atom stereocenters. The van der Waals surface area contributed by atoms with Crippen LogP contribution in [0.1, 0.15) is 18.4 Å². The van der Waals surface area contributed by atoms with Gasteiger partial charge in [-0.1, -0.05) is 30.3 Å². The summed E-state index contributed by atoms with van der Waals surface area (Å²) in [5.41, 5.74) is 0.952. The normalized spacial score (nSPS) is 24.8. The van der Waals surface area contributed by atoms with E-state index < -0.39 is 35.5 Å². The molecular weight excluding hydrogens is 340 g/mol. The first-order chi connectivity index (χ1) is 12.5. The van der Waals surface area contributed by atoms with Crippen molar-refractivity contribution in [1.82, 2.24) is 15.5 Å². The van der Waals surface area contributed by atoms with Crippen molar-refractivity contribution in [3.8, 4) is 0 Å². The molecule has 3 rings (SSSR count). The zero-order valence-electron chi connectivity index (χ0n) is 14.1. The molecule has 3 amide bonds. The van der Waals surface area contributed by atoms with Crippen LogP contribution in [0.3, 0.4) is 0 Å². The Kier molecular flexibility index (Phi) is 5.15. The van der Waals surface area contributed by atoms with Gasteiger partial charge in [-0.3, -0.25) is 24.5 Å². The van der Waals surface area contributed by atoms with Gasteiger partial charge in [0.25, 0.3) is 0 Å². The topological polar surface area (TPSA) is 122 Å². The van der Waals surface area contributed by atoms with Crippen LogP contribution in [0.5, 0.6) is 0 Å². The predicted octanol–water partition coefficient (Wildman–Crippen LogP) is -0.520. The van der Waals surface area contributed by atoms with Crippen molar-refractivity contribution in [1.29, 1.82) is 0 Å². The summed E-state index contributed by atoms with van der Waals surface area (Å²) in [5, 5.41) is 15.8. The lowest BCUT2D eigenvalue weighted by Crippen LogP contribution is -2.65. The Morgan fingerprint density at radius 3 is 2.73 bits per heavy atom. The first-order valence-electron chi connectivity index (χ1n) is 8.51. The van der Waals surface area contributed by atoms with Gasteiger partial charge in [0.05, 0.1) is 12.5 Å². The third kappa shape index (κ3) is 3.81. The molecule has 0 bridgehead atoms. The zero-order valence-corrected chi connectivity index (χ0v) is 14.1. The Morgan fingerprint density at radius 2 is 2.04 bits per heavy atom. The fourth-order valence-electron chi connectivity index (χ4n) is 3.49. The molecule has 0 unspecified atom stereocenters. The molecule has 9 nitrogen and oxygen atoms in total. The lowest BCUT2D eigenvalue weighted by Gasteiger charge is -2.36. The van der Waals surface area contributed by atoms with Crippen LogP contribution in [-0.2, 0) is 20.8 Å². The van der Waals surface area contributed by atoms with Crippen molar-refractivity contribution in [3.05, 3.63) is 46.0 Å².